The first-order valence-electron chi connectivity index (χ1n) is 6.18. The van der Waals surface area contributed by atoms with Gasteiger partial charge >= 0.3 is 0 Å². The van der Waals surface area contributed by atoms with E-state index in [1.54, 1.807) is 18.4 Å². The van der Waals surface area contributed by atoms with Crippen LogP contribution < -0.4 is 5.32 Å². The quantitative estimate of drug-likeness (QED) is 0.762. The number of aryl methyl sites for hydroxylation is 1. The molecule has 0 aromatic carbocycles. The molecule has 0 fully saturated rings. The molecule has 1 rings (SSSR count). The number of methoxy groups -OCH3 is 1. The van der Waals surface area contributed by atoms with Crippen molar-refractivity contribution in [3.05, 3.63) is 16.1 Å². The van der Waals surface area contributed by atoms with Crippen molar-refractivity contribution in [3.8, 4) is 0 Å². The second-order valence-corrected chi connectivity index (χ2v) is 6.17. The molecule has 0 aliphatic carbocycles. The summed E-state index contributed by atoms with van der Waals surface area (Å²) >= 11 is 1.78. The molecule has 0 radical (unpaired) electrons. The molecule has 0 unspecified atom stereocenters. The van der Waals surface area contributed by atoms with Crippen LogP contribution in [0, 0.1) is 0 Å². The van der Waals surface area contributed by atoms with E-state index in [0.717, 1.165) is 32.5 Å². The van der Waals surface area contributed by atoms with E-state index in [1.165, 1.54) is 10.7 Å². The van der Waals surface area contributed by atoms with Crippen molar-refractivity contribution in [2.45, 2.75) is 39.0 Å². The molecule has 0 saturated carbocycles. The number of aromatic nitrogens is 1. The zero-order chi connectivity index (χ0) is 12.7. The number of thiazole rings is 1. The maximum atomic E-state index is 4.97. The van der Waals surface area contributed by atoms with E-state index in [1.807, 2.05) is 0 Å². The van der Waals surface area contributed by atoms with Crippen LogP contribution in [-0.4, -0.2) is 31.8 Å². The Morgan fingerprint density at radius 1 is 1.35 bits per heavy atom. The molecule has 1 aromatic rings. The minimum Gasteiger partial charge on any atom is -0.383 e. The van der Waals surface area contributed by atoms with Gasteiger partial charge in [0.25, 0.3) is 0 Å². The van der Waals surface area contributed by atoms with Crippen LogP contribution in [0.3, 0.4) is 0 Å². The Balaban J connectivity index is 2.21. The number of hydrogen-bond acceptors (Lipinski definition) is 4. The van der Waals surface area contributed by atoms with Crippen LogP contribution in [0.15, 0.2) is 5.38 Å². The molecule has 0 amide bonds. The Morgan fingerprint density at radius 3 is 2.71 bits per heavy atom. The van der Waals surface area contributed by atoms with Gasteiger partial charge in [0.05, 0.1) is 17.3 Å². The van der Waals surface area contributed by atoms with Gasteiger partial charge in [-0.2, -0.15) is 0 Å². The van der Waals surface area contributed by atoms with Crippen molar-refractivity contribution in [3.63, 3.8) is 0 Å². The summed E-state index contributed by atoms with van der Waals surface area (Å²) in [5.74, 6) is 0. The summed E-state index contributed by atoms with van der Waals surface area (Å²) in [6, 6.07) is 0. The smallest absolute Gasteiger partial charge is 0.0928 e. The summed E-state index contributed by atoms with van der Waals surface area (Å²) in [6.07, 6.45) is 2.21. The Kier molecular flexibility index (Phi) is 6.09. The summed E-state index contributed by atoms with van der Waals surface area (Å²) < 4.78 is 4.97. The van der Waals surface area contributed by atoms with Crippen LogP contribution in [-0.2, 0) is 16.6 Å². The summed E-state index contributed by atoms with van der Waals surface area (Å²) in [6.45, 7) is 9.37. The predicted octanol–water partition coefficient (Wildman–Crippen LogP) is 2.61. The van der Waals surface area contributed by atoms with E-state index < -0.39 is 0 Å². The molecule has 0 bridgehead atoms. The average Bonchev–Trinajstić information content (AvgIpc) is 2.71. The van der Waals surface area contributed by atoms with Gasteiger partial charge in [-0.15, -0.1) is 11.3 Å². The van der Waals surface area contributed by atoms with Gasteiger partial charge in [0.1, 0.15) is 0 Å². The Bertz CT molecular complexity index is 317. The zero-order valence-electron chi connectivity index (χ0n) is 11.4. The van der Waals surface area contributed by atoms with Gasteiger partial charge < -0.3 is 10.1 Å². The number of rotatable bonds is 7. The van der Waals surface area contributed by atoms with Crippen LogP contribution in [0.1, 0.15) is 37.9 Å². The molecule has 0 atom stereocenters. The van der Waals surface area contributed by atoms with E-state index in [9.17, 15) is 0 Å². The molecule has 0 aliphatic rings. The molecule has 98 valence electrons. The highest BCUT2D eigenvalue weighted by Crippen LogP contribution is 2.24. The highest BCUT2D eigenvalue weighted by Gasteiger charge is 2.16. The largest absolute Gasteiger partial charge is 0.383 e. The molecular weight excluding hydrogens is 232 g/mol. The van der Waals surface area contributed by atoms with Crippen molar-refractivity contribution in [1.82, 2.24) is 10.3 Å². The Labute approximate surface area is 109 Å². The number of nitrogens with zero attached hydrogens (tertiary/aromatic N) is 1. The average molecular weight is 256 g/mol. The first-order valence-corrected chi connectivity index (χ1v) is 7.06. The topological polar surface area (TPSA) is 34.1 Å². The zero-order valence-corrected chi connectivity index (χ0v) is 12.2. The van der Waals surface area contributed by atoms with Gasteiger partial charge in [0, 0.05) is 30.9 Å². The minimum absolute atomic E-state index is 0.172. The second-order valence-electron chi connectivity index (χ2n) is 5.22. The highest BCUT2D eigenvalue weighted by molar-refractivity contribution is 7.09. The lowest BCUT2D eigenvalue weighted by Gasteiger charge is -2.14. The van der Waals surface area contributed by atoms with E-state index in [0.29, 0.717) is 0 Å². The standard InChI is InChI=1S/C13H24N2OS/c1-13(2,3)11-10-17-12(15-11)6-5-7-14-8-9-16-4/h10,14H,5-9H2,1-4H3. The van der Waals surface area contributed by atoms with Crippen molar-refractivity contribution in [2.75, 3.05) is 26.8 Å². The minimum atomic E-state index is 0.172. The third-order valence-corrected chi connectivity index (χ3v) is 3.46. The first-order chi connectivity index (χ1) is 8.04. The third kappa shape index (κ3) is 5.61. The van der Waals surface area contributed by atoms with Crippen molar-refractivity contribution >= 4 is 11.3 Å². The van der Waals surface area contributed by atoms with E-state index >= 15 is 0 Å². The van der Waals surface area contributed by atoms with Gasteiger partial charge in [0.15, 0.2) is 0 Å². The van der Waals surface area contributed by atoms with Gasteiger partial charge in [-0.1, -0.05) is 20.8 Å². The SMILES string of the molecule is COCCNCCCc1nc(C(C)(C)C)cs1. The molecule has 4 heteroatoms. The molecule has 0 aliphatic heterocycles. The van der Waals surface area contributed by atoms with Gasteiger partial charge in [-0.3, -0.25) is 0 Å². The van der Waals surface area contributed by atoms with Crippen LogP contribution in [0.2, 0.25) is 0 Å². The maximum absolute atomic E-state index is 4.97. The normalized spacial score (nSPS) is 12.0. The van der Waals surface area contributed by atoms with Crippen LogP contribution >= 0.6 is 11.3 Å². The predicted molar refractivity (Wildman–Crippen MR) is 73.9 cm³/mol. The van der Waals surface area contributed by atoms with Gasteiger partial charge in [-0.05, 0) is 13.0 Å². The molecule has 1 heterocycles. The van der Waals surface area contributed by atoms with Crippen LogP contribution in [0.4, 0.5) is 0 Å². The summed E-state index contributed by atoms with van der Waals surface area (Å²) in [7, 11) is 1.73. The van der Waals surface area contributed by atoms with Crippen LogP contribution in [0.25, 0.3) is 0 Å². The fourth-order valence-corrected chi connectivity index (χ4v) is 2.50. The number of ether oxygens (including phenoxy) is 1. The summed E-state index contributed by atoms with van der Waals surface area (Å²) in [5, 5.41) is 6.79. The molecule has 0 saturated heterocycles. The molecular formula is C13H24N2OS. The summed E-state index contributed by atoms with van der Waals surface area (Å²) in [4.78, 5) is 4.68. The molecule has 17 heavy (non-hydrogen) atoms. The second kappa shape index (κ2) is 7.09. The Morgan fingerprint density at radius 2 is 2.12 bits per heavy atom. The summed E-state index contributed by atoms with van der Waals surface area (Å²) in [5.41, 5.74) is 1.38. The monoisotopic (exact) mass is 256 g/mol. The van der Waals surface area contributed by atoms with E-state index in [2.05, 4.69) is 36.5 Å². The lowest BCUT2D eigenvalue weighted by Crippen LogP contribution is -2.20. The van der Waals surface area contributed by atoms with E-state index in [4.69, 9.17) is 4.74 Å². The van der Waals surface area contributed by atoms with Gasteiger partial charge in [-0.25, -0.2) is 4.98 Å². The third-order valence-electron chi connectivity index (χ3n) is 2.55. The van der Waals surface area contributed by atoms with Crippen molar-refractivity contribution in [2.24, 2.45) is 0 Å². The fourth-order valence-electron chi connectivity index (χ4n) is 1.43. The molecule has 0 spiro atoms. The van der Waals surface area contributed by atoms with Gasteiger partial charge in [0.2, 0.25) is 0 Å². The van der Waals surface area contributed by atoms with Crippen molar-refractivity contribution in [1.29, 1.82) is 0 Å². The molecule has 1 aromatic heterocycles. The first kappa shape index (κ1) is 14.6. The molecule has 3 nitrogen and oxygen atoms in total. The van der Waals surface area contributed by atoms with E-state index in [-0.39, 0.29) is 5.41 Å². The van der Waals surface area contributed by atoms with Crippen LogP contribution in [0.5, 0.6) is 0 Å². The highest BCUT2D eigenvalue weighted by atomic mass is 32.1. The lowest BCUT2D eigenvalue weighted by atomic mass is 9.93. The van der Waals surface area contributed by atoms with Crippen molar-refractivity contribution < 1.29 is 4.74 Å². The maximum Gasteiger partial charge on any atom is 0.0928 e. The Hall–Kier alpha value is -0.450. The lowest BCUT2D eigenvalue weighted by molar-refractivity contribution is 0.199. The molecule has 1 N–H and O–H groups in total. The fraction of sp³-hybridized carbons (Fsp3) is 0.769. The number of hydrogen-bond donors (Lipinski definition) is 1. The number of nitrogens with one attached hydrogen (secondary N) is 1.